The first-order valence-electron chi connectivity index (χ1n) is 5.94. The summed E-state index contributed by atoms with van der Waals surface area (Å²) in [7, 11) is 1.58. The number of hydrogen-bond donors (Lipinski definition) is 1. The molecule has 1 heterocycles. The molecule has 1 aromatic rings. The van der Waals surface area contributed by atoms with Crippen LogP contribution in [0.4, 0.5) is 0 Å². The minimum Gasteiger partial charge on any atom is -0.495 e. The smallest absolute Gasteiger partial charge is 0.138 e. The van der Waals surface area contributed by atoms with Crippen LogP contribution in [0.5, 0.6) is 5.75 Å². The molecule has 1 aromatic carbocycles. The highest BCUT2D eigenvalue weighted by atomic mass is 79.9. The molecule has 0 bridgehead atoms. The summed E-state index contributed by atoms with van der Waals surface area (Å²) >= 11 is 9.40. The third-order valence-corrected chi connectivity index (χ3v) is 3.92. The zero-order chi connectivity index (χ0) is 13.1. The molecular formula is C13H16BrClO3. The van der Waals surface area contributed by atoms with Gasteiger partial charge >= 0.3 is 0 Å². The molecule has 1 fully saturated rings. The lowest BCUT2D eigenvalue weighted by molar-refractivity contribution is 0.0526. The summed E-state index contributed by atoms with van der Waals surface area (Å²) in [6.07, 6.45) is 2.14. The number of rotatable bonds is 4. The van der Waals surface area contributed by atoms with Crippen LogP contribution in [-0.4, -0.2) is 24.9 Å². The third-order valence-electron chi connectivity index (χ3n) is 3.11. The Morgan fingerprint density at radius 3 is 3.00 bits per heavy atom. The van der Waals surface area contributed by atoms with E-state index in [1.807, 2.05) is 0 Å². The summed E-state index contributed by atoms with van der Waals surface area (Å²) < 4.78 is 11.6. The molecule has 0 radical (unpaired) electrons. The van der Waals surface area contributed by atoms with E-state index in [1.165, 1.54) is 0 Å². The topological polar surface area (TPSA) is 38.7 Å². The first kappa shape index (κ1) is 14.1. The maximum absolute atomic E-state index is 10.3. The summed E-state index contributed by atoms with van der Waals surface area (Å²) in [6, 6.07) is 3.49. The highest BCUT2D eigenvalue weighted by Crippen LogP contribution is 2.38. The van der Waals surface area contributed by atoms with Crippen molar-refractivity contribution in [3.63, 3.8) is 0 Å². The van der Waals surface area contributed by atoms with Gasteiger partial charge in [-0.15, -0.1) is 0 Å². The molecule has 1 N–H and O–H groups in total. The van der Waals surface area contributed by atoms with E-state index in [0.29, 0.717) is 22.8 Å². The Hall–Kier alpha value is -0.290. The Kier molecular flexibility index (Phi) is 4.90. The van der Waals surface area contributed by atoms with E-state index in [1.54, 1.807) is 19.2 Å². The van der Waals surface area contributed by atoms with Gasteiger partial charge in [0.05, 0.1) is 23.8 Å². The van der Waals surface area contributed by atoms with Crippen LogP contribution < -0.4 is 4.74 Å². The van der Waals surface area contributed by atoms with Gasteiger partial charge in [-0.3, -0.25) is 0 Å². The molecule has 1 aliphatic heterocycles. The first-order valence-corrected chi connectivity index (χ1v) is 7.11. The number of ether oxygens (including phenoxy) is 2. The molecule has 2 rings (SSSR count). The van der Waals surface area contributed by atoms with Crippen LogP contribution in [0.2, 0.25) is 5.02 Å². The van der Waals surface area contributed by atoms with Crippen LogP contribution >= 0.6 is 27.5 Å². The second kappa shape index (κ2) is 6.24. The Bertz CT molecular complexity index is 419. The third kappa shape index (κ3) is 3.18. The van der Waals surface area contributed by atoms with E-state index >= 15 is 0 Å². The summed E-state index contributed by atoms with van der Waals surface area (Å²) in [5.74, 6) is 0.630. The van der Waals surface area contributed by atoms with E-state index in [9.17, 15) is 5.11 Å². The van der Waals surface area contributed by atoms with Crippen LogP contribution in [-0.2, 0) is 4.74 Å². The van der Waals surface area contributed by atoms with Crippen molar-refractivity contribution in [2.75, 3.05) is 13.7 Å². The number of benzene rings is 1. The fourth-order valence-electron chi connectivity index (χ4n) is 2.25. The number of aliphatic hydroxyl groups excluding tert-OH is 1. The minimum absolute atomic E-state index is 0.127. The molecule has 0 amide bonds. The van der Waals surface area contributed by atoms with E-state index in [-0.39, 0.29) is 6.10 Å². The largest absolute Gasteiger partial charge is 0.495 e. The van der Waals surface area contributed by atoms with Crippen molar-refractivity contribution >= 4 is 27.5 Å². The predicted molar refractivity (Wildman–Crippen MR) is 74.3 cm³/mol. The van der Waals surface area contributed by atoms with Crippen molar-refractivity contribution in [2.24, 2.45) is 0 Å². The molecule has 0 aliphatic carbocycles. The van der Waals surface area contributed by atoms with E-state index < -0.39 is 6.10 Å². The summed E-state index contributed by atoms with van der Waals surface area (Å²) in [4.78, 5) is 0. The normalized spacial score (nSPS) is 21.0. The van der Waals surface area contributed by atoms with Crippen LogP contribution in [0.1, 0.15) is 30.9 Å². The number of methoxy groups -OCH3 is 1. The maximum Gasteiger partial charge on any atom is 0.138 e. The fraction of sp³-hybridized carbons (Fsp3) is 0.538. The summed E-state index contributed by atoms with van der Waals surface area (Å²) in [5.41, 5.74) is 0.701. The summed E-state index contributed by atoms with van der Waals surface area (Å²) in [6.45, 7) is 0.785. The maximum atomic E-state index is 10.3. The highest BCUT2D eigenvalue weighted by Gasteiger charge is 2.23. The number of aliphatic hydroxyl groups is 1. The molecule has 18 heavy (non-hydrogen) atoms. The lowest BCUT2D eigenvalue weighted by Gasteiger charge is -2.19. The first-order chi connectivity index (χ1) is 8.61. The van der Waals surface area contributed by atoms with Gasteiger partial charge in [0.25, 0.3) is 0 Å². The molecule has 5 heteroatoms. The molecular weight excluding hydrogens is 319 g/mol. The molecule has 0 saturated carbocycles. The van der Waals surface area contributed by atoms with Gasteiger partial charge in [0, 0.05) is 23.6 Å². The van der Waals surface area contributed by atoms with Crippen molar-refractivity contribution in [3.05, 3.63) is 27.2 Å². The fourth-order valence-corrected chi connectivity index (χ4v) is 3.25. The van der Waals surface area contributed by atoms with Crippen molar-refractivity contribution in [2.45, 2.75) is 31.5 Å². The Morgan fingerprint density at radius 2 is 2.39 bits per heavy atom. The van der Waals surface area contributed by atoms with Crippen LogP contribution in [0.25, 0.3) is 0 Å². The van der Waals surface area contributed by atoms with Gasteiger partial charge in [-0.1, -0.05) is 11.6 Å². The zero-order valence-corrected chi connectivity index (χ0v) is 12.5. The van der Waals surface area contributed by atoms with Crippen molar-refractivity contribution in [1.82, 2.24) is 0 Å². The van der Waals surface area contributed by atoms with Crippen LogP contribution in [0.15, 0.2) is 16.6 Å². The summed E-state index contributed by atoms with van der Waals surface area (Å²) in [5, 5.41) is 10.9. The van der Waals surface area contributed by atoms with E-state index in [4.69, 9.17) is 21.1 Å². The standard InChI is InChI=1S/C13H16BrClO3/c1-17-13-10(5-8(15)6-11(13)14)12(16)7-9-3-2-4-18-9/h5-6,9,12,16H,2-4,7H2,1H3. The van der Waals surface area contributed by atoms with Crippen molar-refractivity contribution < 1.29 is 14.6 Å². The van der Waals surface area contributed by atoms with Gasteiger partial charge in [0.1, 0.15) is 5.75 Å². The van der Waals surface area contributed by atoms with Gasteiger partial charge < -0.3 is 14.6 Å². The molecule has 2 unspecified atom stereocenters. The quantitative estimate of drug-likeness (QED) is 0.911. The molecule has 1 aliphatic rings. The molecule has 3 nitrogen and oxygen atoms in total. The van der Waals surface area contributed by atoms with Gasteiger partial charge in [-0.25, -0.2) is 0 Å². The van der Waals surface area contributed by atoms with Crippen LogP contribution in [0, 0.1) is 0 Å². The average Bonchev–Trinajstić information content (AvgIpc) is 2.80. The zero-order valence-electron chi connectivity index (χ0n) is 10.2. The number of hydrogen-bond acceptors (Lipinski definition) is 3. The highest BCUT2D eigenvalue weighted by molar-refractivity contribution is 9.10. The molecule has 100 valence electrons. The molecule has 0 spiro atoms. The van der Waals surface area contributed by atoms with Gasteiger partial charge in [-0.05, 0) is 40.9 Å². The van der Waals surface area contributed by atoms with Gasteiger partial charge in [0.15, 0.2) is 0 Å². The molecule has 0 aromatic heterocycles. The average molecular weight is 336 g/mol. The predicted octanol–water partition coefficient (Wildman–Crippen LogP) is 3.71. The monoisotopic (exact) mass is 334 g/mol. The van der Waals surface area contributed by atoms with E-state index in [0.717, 1.165) is 23.9 Å². The second-order valence-electron chi connectivity index (χ2n) is 4.40. The van der Waals surface area contributed by atoms with Gasteiger partial charge in [-0.2, -0.15) is 0 Å². The van der Waals surface area contributed by atoms with E-state index in [2.05, 4.69) is 15.9 Å². The molecule has 2 atom stereocenters. The Balaban J connectivity index is 2.19. The lowest BCUT2D eigenvalue weighted by atomic mass is 10.0. The second-order valence-corrected chi connectivity index (χ2v) is 5.69. The van der Waals surface area contributed by atoms with Crippen molar-refractivity contribution in [3.8, 4) is 5.75 Å². The minimum atomic E-state index is -0.627. The van der Waals surface area contributed by atoms with Crippen molar-refractivity contribution in [1.29, 1.82) is 0 Å². The van der Waals surface area contributed by atoms with Gasteiger partial charge in [0.2, 0.25) is 0 Å². The van der Waals surface area contributed by atoms with Crippen LogP contribution in [0.3, 0.4) is 0 Å². The Labute approximate surface area is 120 Å². The Morgan fingerprint density at radius 1 is 1.61 bits per heavy atom. The molecule has 1 saturated heterocycles. The lowest BCUT2D eigenvalue weighted by Crippen LogP contribution is -2.12. The SMILES string of the molecule is COc1c(Br)cc(Cl)cc1C(O)CC1CCCO1. The number of halogens is 2.